The second-order valence-electron chi connectivity index (χ2n) is 4.70. The minimum atomic E-state index is -3.16. The Morgan fingerprint density at radius 1 is 1.27 bits per heavy atom. The lowest BCUT2D eigenvalue weighted by atomic mass is 10.1. The fourth-order valence-electron chi connectivity index (χ4n) is 2.12. The number of hydrogen-bond donors (Lipinski definition) is 2. The van der Waals surface area contributed by atoms with Gasteiger partial charge in [0.1, 0.15) is 12.7 Å². The zero-order chi connectivity index (χ0) is 17.2. The highest BCUT2D eigenvalue weighted by Gasteiger charge is 2.31. The van der Waals surface area contributed by atoms with E-state index >= 15 is 0 Å². The summed E-state index contributed by atoms with van der Waals surface area (Å²) < 4.78 is 38.4. The molecule has 1 aromatic heterocycles. The number of halogens is 3. The Hall–Kier alpha value is -2.32. The van der Waals surface area contributed by atoms with Crippen molar-refractivity contribution in [3.05, 3.63) is 22.5 Å². The summed E-state index contributed by atoms with van der Waals surface area (Å²) in [6.07, 6.45) is -3.16. The SMILES string of the molecule is Cc1c(C(=O)O)c(C)n(C)c1C(=O)C(=O)NC(CF)C(F)F. The highest BCUT2D eigenvalue weighted by molar-refractivity contribution is 6.43. The van der Waals surface area contributed by atoms with E-state index in [1.54, 1.807) is 5.32 Å². The molecule has 122 valence electrons. The third kappa shape index (κ3) is 3.12. The van der Waals surface area contributed by atoms with Gasteiger partial charge in [-0.15, -0.1) is 0 Å². The molecule has 1 aromatic rings. The Kier molecular flexibility index (Phi) is 5.34. The zero-order valence-electron chi connectivity index (χ0n) is 12.1. The van der Waals surface area contributed by atoms with Crippen LogP contribution in [0.15, 0.2) is 0 Å². The smallest absolute Gasteiger partial charge is 0.337 e. The number of hydrogen-bond acceptors (Lipinski definition) is 3. The molecule has 1 rings (SSSR count). The number of alkyl halides is 3. The van der Waals surface area contributed by atoms with Crippen LogP contribution in [-0.4, -0.2) is 46.5 Å². The molecule has 0 spiro atoms. The van der Waals surface area contributed by atoms with E-state index in [1.807, 2.05) is 0 Å². The summed E-state index contributed by atoms with van der Waals surface area (Å²) in [4.78, 5) is 34.9. The van der Waals surface area contributed by atoms with Crippen LogP contribution in [0.4, 0.5) is 13.2 Å². The number of nitrogens with one attached hydrogen (secondary N) is 1. The predicted octanol–water partition coefficient (Wildman–Crippen LogP) is 1.24. The minimum Gasteiger partial charge on any atom is -0.478 e. The molecule has 0 bridgehead atoms. The summed E-state index contributed by atoms with van der Waals surface area (Å²) in [5.74, 6) is -3.89. The normalized spacial score (nSPS) is 12.3. The van der Waals surface area contributed by atoms with Crippen molar-refractivity contribution >= 4 is 17.7 Å². The summed E-state index contributed by atoms with van der Waals surface area (Å²) >= 11 is 0. The maximum absolute atomic E-state index is 12.4. The summed E-state index contributed by atoms with van der Waals surface area (Å²) in [5.41, 5.74) is -0.104. The van der Waals surface area contributed by atoms with E-state index in [9.17, 15) is 27.6 Å². The number of nitrogens with zero attached hydrogens (tertiary/aromatic N) is 1. The van der Waals surface area contributed by atoms with Crippen LogP contribution < -0.4 is 5.32 Å². The van der Waals surface area contributed by atoms with Gasteiger partial charge in [-0.05, 0) is 19.4 Å². The van der Waals surface area contributed by atoms with E-state index in [0.717, 1.165) is 0 Å². The Morgan fingerprint density at radius 2 is 1.82 bits per heavy atom. The summed E-state index contributed by atoms with van der Waals surface area (Å²) in [6, 6.07) is -2.09. The lowest BCUT2D eigenvalue weighted by Crippen LogP contribution is -2.45. The number of aromatic nitrogens is 1. The molecule has 0 aromatic carbocycles. The monoisotopic (exact) mass is 320 g/mol. The molecule has 0 radical (unpaired) electrons. The molecule has 0 saturated heterocycles. The van der Waals surface area contributed by atoms with Crippen LogP contribution >= 0.6 is 0 Å². The second-order valence-corrected chi connectivity index (χ2v) is 4.70. The van der Waals surface area contributed by atoms with Crippen molar-refractivity contribution in [3.63, 3.8) is 0 Å². The number of carboxylic acid groups (broad SMARTS) is 1. The van der Waals surface area contributed by atoms with Gasteiger partial charge in [0.2, 0.25) is 0 Å². The van der Waals surface area contributed by atoms with E-state index in [2.05, 4.69) is 0 Å². The van der Waals surface area contributed by atoms with Gasteiger partial charge in [-0.1, -0.05) is 0 Å². The van der Waals surface area contributed by atoms with Gasteiger partial charge in [0.15, 0.2) is 0 Å². The number of rotatable bonds is 6. The van der Waals surface area contributed by atoms with Crippen LogP contribution in [0.25, 0.3) is 0 Å². The van der Waals surface area contributed by atoms with E-state index in [0.29, 0.717) is 0 Å². The first-order valence-electron chi connectivity index (χ1n) is 6.21. The molecular formula is C13H15F3N2O4. The fourth-order valence-corrected chi connectivity index (χ4v) is 2.12. The van der Waals surface area contributed by atoms with Crippen LogP contribution in [-0.2, 0) is 11.8 Å². The highest BCUT2D eigenvalue weighted by Crippen LogP contribution is 2.21. The zero-order valence-corrected chi connectivity index (χ0v) is 12.1. The van der Waals surface area contributed by atoms with Crippen molar-refractivity contribution in [1.82, 2.24) is 9.88 Å². The molecule has 9 heteroatoms. The van der Waals surface area contributed by atoms with Gasteiger partial charge in [0, 0.05) is 12.7 Å². The first-order chi connectivity index (χ1) is 10.1. The highest BCUT2D eigenvalue weighted by atomic mass is 19.3. The van der Waals surface area contributed by atoms with Gasteiger partial charge in [-0.3, -0.25) is 9.59 Å². The number of carboxylic acids is 1. The summed E-state index contributed by atoms with van der Waals surface area (Å²) in [6.45, 7) is 1.24. The molecule has 1 unspecified atom stereocenters. The lowest BCUT2D eigenvalue weighted by Gasteiger charge is -2.14. The van der Waals surface area contributed by atoms with Gasteiger partial charge >= 0.3 is 5.97 Å². The fraction of sp³-hybridized carbons (Fsp3) is 0.462. The molecule has 1 amide bonds. The molecule has 0 saturated carbocycles. The third-order valence-electron chi connectivity index (χ3n) is 3.35. The van der Waals surface area contributed by atoms with Crippen molar-refractivity contribution in [2.24, 2.45) is 7.05 Å². The number of aromatic carboxylic acids is 1. The number of carbonyl (C=O) groups is 3. The van der Waals surface area contributed by atoms with Gasteiger partial charge in [0.05, 0.1) is 11.3 Å². The maximum Gasteiger partial charge on any atom is 0.337 e. The van der Waals surface area contributed by atoms with Crippen LogP contribution in [0.3, 0.4) is 0 Å². The molecule has 1 heterocycles. The van der Waals surface area contributed by atoms with E-state index in [4.69, 9.17) is 5.11 Å². The molecule has 6 nitrogen and oxygen atoms in total. The van der Waals surface area contributed by atoms with Crippen LogP contribution in [0.2, 0.25) is 0 Å². The predicted molar refractivity (Wildman–Crippen MR) is 70.1 cm³/mol. The molecule has 2 N–H and O–H groups in total. The molecule has 0 aliphatic rings. The number of Topliss-reactive ketones (excluding diaryl/α,β-unsaturated/α-hetero) is 1. The first kappa shape index (κ1) is 17.7. The Morgan fingerprint density at radius 3 is 2.18 bits per heavy atom. The van der Waals surface area contributed by atoms with Crippen molar-refractivity contribution in [1.29, 1.82) is 0 Å². The quantitative estimate of drug-likeness (QED) is 0.610. The minimum absolute atomic E-state index is 0.0431. The Labute approximate surface area is 123 Å². The standard InChI is InChI=1S/C13H15F3N2O4/c1-5-8(13(21)22)6(2)18(3)9(5)10(19)12(20)17-7(4-14)11(15)16/h7,11H,4H2,1-3H3,(H,17,20)(H,21,22). The molecule has 1 atom stereocenters. The second kappa shape index (κ2) is 6.63. The van der Waals surface area contributed by atoms with Crippen LogP contribution in [0, 0.1) is 13.8 Å². The van der Waals surface area contributed by atoms with E-state index < -0.39 is 36.8 Å². The summed E-state index contributed by atoms with van der Waals surface area (Å²) in [5, 5.41) is 10.7. The molecule has 22 heavy (non-hydrogen) atoms. The topological polar surface area (TPSA) is 88.4 Å². The van der Waals surface area contributed by atoms with Crippen molar-refractivity contribution in [3.8, 4) is 0 Å². The van der Waals surface area contributed by atoms with Gasteiger partial charge in [-0.2, -0.15) is 0 Å². The third-order valence-corrected chi connectivity index (χ3v) is 3.35. The van der Waals surface area contributed by atoms with Gasteiger partial charge < -0.3 is 15.0 Å². The average Bonchev–Trinajstić information content (AvgIpc) is 2.65. The van der Waals surface area contributed by atoms with Crippen molar-refractivity contribution in [2.75, 3.05) is 6.67 Å². The van der Waals surface area contributed by atoms with E-state index in [1.165, 1.54) is 25.5 Å². The van der Waals surface area contributed by atoms with Gasteiger partial charge in [-0.25, -0.2) is 18.0 Å². The Balaban J connectivity index is 3.16. The van der Waals surface area contributed by atoms with Crippen LogP contribution in [0.1, 0.15) is 32.1 Å². The largest absolute Gasteiger partial charge is 0.478 e. The average molecular weight is 320 g/mol. The number of carbonyl (C=O) groups excluding carboxylic acids is 2. The molecule has 0 fully saturated rings. The van der Waals surface area contributed by atoms with Crippen molar-refractivity contribution < 1.29 is 32.7 Å². The van der Waals surface area contributed by atoms with E-state index in [-0.39, 0.29) is 22.5 Å². The lowest BCUT2D eigenvalue weighted by molar-refractivity contribution is -0.119. The maximum atomic E-state index is 12.4. The number of ketones is 1. The molecular weight excluding hydrogens is 305 g/mol. The first-order valence-corrected chi connectivity index (χ1v) is 6.21. The molecule has 0 aliphatic carbocycles. The number of amides is 1. The Bertz CT molecular complexity index is 625. The molecule has 0 aliphatic heterocycles. The van der Waals surface area contributed by atoms with Crippen LogP contribution in [0.5, 0.6) is 0 Å². The summed E-state index contributed by atoms with van der Waals surface area (Å²) in [7, 11) is 1.37. The van der Waals surface area contributed by atoms with Gasteiger partial charge in [0.25, 0.3) is 18.1 Å². The van der Waals surface area contributed by atoms with Crippen molar-refractivity contribution in [2.45, 2.75) is 26.3 Å².